The maximum absolute atomic E-state index is 10.5. The molecule has 1 saturated heterocycles. The minimum absolute atomic E-state index is 0.118. The van der Waals surface area contributed by atoms with Gasteiger partial charge in [-0.3, -0.25) is 4.79 Å². The van der Waals surface area contributed by atoms with Crippen LogP contribution in [0, 0.1) is 0 Å². The van der Waals surface area contributed by atoms with E-state index < -0.39 is 0 Å². The first kappa shape index (κ1) is 9.26. The van der Waals surface area contributed by atoms with Gasteiger partial charge in [0.15, 0.2) is 0 Å². The molecule has 1 amide bonds. The summed E-state index contributed by atoms with van der Waals surface area (Å²) >= 11 is 0. The maximum atomic E-state index is 10.5. The molecule has 1 aliphatic rings. The second-order valence-electron chi connectivity index (χ2n) is 3.25. The fourth-order valence-electron chi connectivity index (χ4n) is 1.18. The average Bonchev–Trinajstić information content (AvgIpc) is 2.75. The molecular weight excluding hydrogens is 152 g/mol. The summed E-state index contributed by atoms with van der Waals surface area (Å²) in [5.74, 6) is 0.197. The Morgan fingerprint density at radius 2 is 2.33 bits per heavy atom. The Hall–Kier alpha value is -0.830. The predicted octanol–water partition coefficient (Wildman–Crippen LogP) is 0.558. The minimum atomic E-state index is 0.118. The van der Waals surface area contributed by atoms with E-state index in [1.807, 2.05) is 0 Å². The zero-order chi connectivity index (χ0) is 8.97. The Labute approximate surface area is 73.0 Å². The highest BCUT2D eigenvalue weighted by molar-refractivity contribution is 5.96. The topological polar surface area (TPSA) is 65.0 Å². The number of hydrogen-bond donors (Lipinski definition) is 2. The Morgan fingerprint density at radius 3 is 2.83 bits per heavy atom. The van der Waals surface area contributed by atoms with Crippen LogP contribution in [0.2, 0.25) is 0 Å². The Bertz CT molecular complexity index is 175. The molecule has 3 nitrogen and oxygen atoms in total. The lowest BCUT2D eigenvalue weighted by molar-refractivity contribution is -0.111. The van der Waals surface area contributed by atoms with Gasteiger partial charge in [-0.15, -0.1) is 6.58 Å². The van der Waals surface area contributed by atoms with E-state index in [1.165, 1.54) is 0 Å². The molecule has 1 heterocycles. The molecule has 1 rings (SSSR count). The summed E-state index contributed by atoms with van der Waals surface area (Å²) in [4.78, 5) is 10.5. The molecule has 1 fully saturated rings. The number of rotatable bonds is 6. The van der Waals surface area contributed by atoms with E-state index in [4.69, 9.17) is 5.73 Å². The predicted molar refractivity (Wildman–Crippen MR) is 48.6 cm³/mol. The van der Waals surface area contributed by atoms with Crippen molar-refractivity contribution in [2.75, 3.05) is 0 Å². The lowest BCUT2D eigenvalue weighted by Crippen LogP contribution is -2.15. The van der Waals surface area contributed by atoms with E-state index >= 15 is 0 Å². The van der Waals surface area contributed by atoms with Crippen LogP contribution in [0.4, 0.5) is 0 Å². The van der Waals surface area contributed by atoms with Gasteiger partial charge in [0.05, 0.1) is 0 Å². The average molecular weight is 168 g/mol. The Kier molecular flexibility index (Phi) is 3.29. The van der Waals surface area contributed by atoms with E-state index in [0.717, 1.165) is 25.7 Å². The third-order valence-electron chi connectivity index (χ3n) is 2.13. The number of amides is 1. The standard InChI is InChI=1S/C9H16N2O/c1-2-7(10)5-3-4-6-8-9(12)11-8/h2,7-8H,1,3-6,10H2,(H,11,12). The molecule has 3 heteroatoms. The molecule has 0 radical (unpaired) electrons. The first-order valence-electron chi connectivity index (χ1n) is 4.42. The molecular formula is C9H16N2O. The van der Waals surface area contributed by atoms with Crippen molar-refractivity contribution in [2.45, 2.75) is 37.8 Å². The summed E-state index contributed by atoms with van der Waals surface area (Å²) in [6.07, 6.45) is 5.86. The highest BCUT2D eigenvalue weighted by Crippen LogP contribution is 2.11. The third-order valence-corrected chi connectivity index (χ3v) is 2.13. The van der Waals surface area contributed by atoms with Crippen LogP contribution in [-0.2, 0) is 4.79 Å². The van der Waals surface area contributed by atoms with Gasteiger partial charge >= 0.3 is 0 Å². The van der Waals surface area contributed by atoms with Gasteiger partial charge in [-0.25, -0.2) is 0 Å². The summed E-state index contributed by atoms with van der Waals surface area (Å²) < 4.78 is 0. The number of nitrogens with two attached hydrogens (primary N) is 1. The van der Waals surface area contributed by atoms with E-state index in [2.05, 4.69) is 11.9 Å². The lowest BCUT2D eigenvalue weighted by atomic mass is 10.1. The van der Waals surface area contributed by atoms with Crippen molar-refractivity contribution in [3.63, 3.8) is 0 Å². The van der Waals surface area contributed by atoms with E-state index in [1.54, 1.807) is 6.08 Å². The molecule has 2 atom stereocenters. The Balaban J connectivity index is 1.89. The smallest absolute Gasteiger partial charge is 0.243 e. The largest absolute Gasteiger partial charge is 0.343 e. The van der Waals surface area contributed by atoms with Crippen molar-refractivity contribution in [3.05, 3.63) is 12.7 Å². The number of carbonyl (C=O) groups excluding carboxylic acids is 1. The molecule has 3 N–H and O–H groups in total. The van der Waals surface area contributed by atoms with Crippen molar-refractivity contribution in [3.8, 4) is 0 Å². The number of nitrogens with one attached hydrogen (secondary N) is 1. The van der Waals surface area contributed by atoms with E-state index in [0.29, 0.717) is 0 Å². The van der Waals surface area contributed by atoms with Crippen LogP contribution in [0.5, 0.6) is 0 Å². The van der Waals surface area contributed by atoms with Crippen LogP contribution in [0.15, 0.2) is 12.7 Å². The van der Waals surface area contributed by atoms with Gasteiger partial charge in [0.2, 0.25) is 5.91 Å². The van der Waals surface area contributed by atoms with Crippen LogP contribution in [0.25, 0.3) is 0 Å². The molecule has 0 aromatic heterocycles. The van der Waals surface area contributed by atoms with Gasteiger partial charge in [0, 0.05) is 6.04 Å². The molecule has 0 aromatic carbocycles. The normalized spacial score (nSPS) is 23.1. The van der Waals surface area contributed by atoms with Gasteiger partial charge < -0.3 is 11.1 Å². The molecule has 68 valence electrons. The van der Waals surface area contributed by atoms with Crippen LogP contribution < -0.4 is 11.1 Å². The zero-order valence-corrected chi connectivity index (χ0v) is 7.25. The number of carbonyl (C=O) groups is 1. The van der Waals surface area contributed by atoms with Gasteiger partial charge in [-0.05, 0) is 12.8 Å². The molecule has 0 spiro atoms. The van der Waals surface area contributed by atoms with Crippen molar-refractivity contribution in [1.29, 1.82) is 0 Å². The summed E-state index contributed by atoms with van der Waals surface area (Å²) in [5.41, 5.74) is 5.63. The fraction of sp³-hybridized carbons (Fsp3) is 0.667. The SMILES string of the molecule is C=CC(N)CCCCC1NC1=O. The lowest BCUT2D eigenvalue weighted by Gasteiger charge is -2.03. The highest BCUT2D eigenvalue weighted by atomic mass is 16.2. The van der Waals surface area contributed by atoms with E-state index in [-0.39, 0.29) is 18.0 Å². The summed E-state index contributed by atoms with van der Waals surface area (Å²) in [7, 11) is 0. The van der Waals surface area contributed by atoms with E-state index in [9.17, 15) is 4.79 Å². The van der Waals surface area contributed by atoms with Gasteiger partial charge in [0.25, 0.3) is 0 Å². The van der Waals surface area contributed by atoms with Crippen LogP contribution >= 0.6 is 0 Å². The zero-order valence-electron chi connectivity index (χ0n) is 7.25. The first-order chi connectivity index (χ1) is 5.74. The van der Waals surface area contributed by atoms with Crippen molar-refractivity contribution in [1.82, 2.24) is 5.32 Å². The summed E-state index contributed by atoms with van der Waals surface area (Å²) in [5, 5.41) is 2.74. The molecule has 0 bridgehead atoms. The highest BCUT2D eigenvalue weighted by Gasteiger charge is 2.31. The second kappa shape index (κ2) is 4.26. The second-order valence-corrected chi connectivity index (χ2v) is 3.25. The molecule has 2 unspecified atom stereocenters. The molecule has 0 aromatic rings. The van der Waals surface area contributed by atoms with Crippen LogP contribution in [-0.4, -0.2) is 18.0 Å². The quantitative estimate of drug-likeness (QED) is 0.346. The summed E-state index contributed by atoms with van der Waals surface area (Å²) in [6.45, 7) is 3.61. The molecule has 0 aliphatic carbocycles. The number of hydrogen-bond acceptors (Lipinski definition) is 2. The van der Waals surface area contributed by atoms with Gasteiger partial charge in [0.1, 0.15) is 6.04 Å². The molecule has 0 saturated carbocycles. The first-order valence-corrected chi connectivity index (χ1v) is 4.42. The monoisotopic (exact) mass is 168 g/mol. The summed E-state index contributed by atoms with van der Waals surface area (Å²) in [6, 6.07) is 0.276. The van der Waals surface area contributed by atoms with Crippen molar-refractivity contribution in [2.24, 2.45) is 5.73 Å². The van der Waals surface area contributed by atoms with Crippen LogP contribution in [0.1, 0.15) is 25.7 Å². The van der Waals surface area contributed by atoms with Crippen molar-refractivity contribution >= 4 is 5.91 Å². The molecule has 12 heavy (non-hydrogen) atoms. The maximum Gasteiger partial charge on any atom is 0.243 e. The molecule has 1 aliphatic heterocycles. The van der Waals surface area contributed by atoms with Gasteiger partial charge in [-0.1, -0.05) is 18.9 Å². The Morgan fingerprint density at radius 1 is 1.67 bits per heavy atom. The fourth-order valence-corrected chi connectivity index (χ4v) is 1.18. The number of unbranched alkanes of at least 4 members (excludes halogenated alkanes) is 1. The van der Waals surface area contributed by atoms with Crippen LogP contribution in [0.3, 0.4) is 0 Å². The third kappa shape index (κ3) is 3.05. The van der Waals surface area contributed by atoms with Gasteiger partial charge in [-0.2, -0.15) is 0 Å². The minimum Gasteiger partial charge on any atom is -0.343 e. The van der Waals surface area contributed by atoms with Crippen molar-refractivity contribution < 1.29 is 4.79 Å².